The van der Waals surface area contributed by atoms with Gasteiger partial charge in [-0.3, -0.25) is 0 Å². The van der Waals surface area contributed by atoms with Gasteiger partial charge in [-0.25, -0.2) is 4.98 Å². The molecule has 0 amide bonds. The number of aryl methyl sites for hydroxylation is 2. The summed E-state index contributed by atoms with van der Waals surface area (Å²) >= 11 is 1.76. The van der Waals surface area contributed by atoms with Crippen LogP contribution in [0, 0.1) is 13.8 Å². The Kier molecular flexibility index (Phi) is 3.41. The van der Waals surface area contributed by atoms with Crippen LogP contribution in [-0.4, -0.2) is 11.5 Å². The predicted octanol–water partition coefficient (Wildman–Crippen LogP) is 3.67. The number of allylic oxidation sites excluding steroid dienone is 1. The molecule has 1 aromatic heterocycles. The van der Waals surface area contributed by atoms with E-state index in [0.717, 1.165) is 17.4 Å². The molecule has 0 saturated heterocycles. The van der Waals surface area contributed by atoms with Crippen molar-refractivity contribution in [1.82, 2.24) is 4.98 Å². The molecule has 1 aliphatic carbocycles. The van der Waals surface area contributed by atoms with E-state index in [1.807, 2.05) is 0 Å². The van der Waals surface area contributed by atoms with Crippen LogP contribution in [0.2, 0.25) is 0 Å². The number of rotatable bonds is 4. The number of nitrogens with one attached hydrogen (secondary N) is 1. The third kappa shape index (κ3) is 2.81. The van der Waals surface area contributed by atoms with Crippen molar-refractivity contribution in [3.8, 4) is 0 Å². The summed E-state index contributed by atoms with van der Waals surface area (Å²) in [5.74, 6) is 0. The fourth-order valence-electron chi connectivity index (χ4n) is 1.84. The minimum atomic E-state index is 1.03. The molecule has 3 heteroatoms. The van der Waals surface area contributed by atoms with Crippen LogP contribution < -0.4 is 5.32 Å². The standard InChI is InChI=1S/C12H18N2S/c1-9-10(2)15-12(14-9)13-8-7-11-5-3-4-6-11/h5H,3-4,6-8H2,1-2H3,(H,13,14). The Morgan fingerprint density at radius 2 is 2.33 bits per heavy atom. The van der Waals surface area contributed by atoms with Crippen LogP contribution >= 0.6 is 11.3 Å². The van der Waals surface area contributed by atoms with Crippen molar-refractivity contribution in [3.05, 3.63) is 22.2 Å². The number of thiazole rings is 1. The summed E-state index contributed by atoms with van der Waals surface area (Å²) in [7, 11) is 0. The van der Waals surface area contributed by atoms with E-state index < -0.39 is 0 Å². The Bertz CT molecular complexity index is 346. The van der Waals surface area contributed by atoms with Gasteiger partial charge in [0.1, 0.15) is 0 Å². The lowest BCUT2D eigenvalue weighted by atomic mass is 10.2. The highest BCUT2D eigenvalue weighted by atomic mass is 32.1. The fourth-order valence-corrected chi connectivity index (χ4v) is 2.68. The lowest BCUT2D eigenvalue weighted by molar-refractivity contribution is 0.863. The van der Waals surface area contributed by atoms with E-state index in [0.29, 0.717) is 0 Å². The zero-order valence-electron chi connectivity index (χ0n) is 9.47. The summed E-state index contributed by atoms with van der Waals surface area (Å²) in [4.78, 5) is 5.78. The first-order valence-corrected chi connectivity index (χ1v) is 6.43. The first kappa shape index (κ1) is 10.7. The molecule has 1 aliphatic rings. The third-order valence-corrected chi connectivity index (χ3v) is 3.92. The summed E-state index contributed by atoms with van der Waals surface area (Å²) in [6.07, 6.45) is 7.50. The van der Waals surface area contributed by atoms with Crippen molar-refractivity contribution in [2.75, 3.05) is 11.9 Å². The van der Waals surface area contributed by atoms with Crippen LogP contribution in [0.1, 0.15) is 36.3 Å². The van der Waals surface area contributed by atoms with Gasteiger partial charge in [-0.05, 0) is 39.5 Å². The maximum atomic E-state index is 4.46. The van der Waals surface area contributed by atoms with Crippen LogP contribution in [-0.2, 0) is 0 Å². The summed E-state index contributed by atoms with van der Waals surface area (Å²) in [5, 5.41) is 4.47. The summed E-state index contributed by atoms with van der Waals surface area (Å²) < 4.78 is 0. The molecule has 82 valence electrons. The van der Waals surface area contributed by atoms with Gasteiger partial charge in [-0.1, -0.05) is 11.6 Å². The highest BCUT2D eigenvalue weighted by Gasteiger charge is 2.05. The molecule has 0 atom stereocenters. The number of anilines is 1. The van der Waals surface area contributed by atoms with Gasteiger partial charge in [0.05, 0.1) is 5.69 Å². The van der Waals surface area contributed by atoms with E-state index >= 15 is 0 Å². The van der Waals surface area contributed by atoms with E-state index in [9.17, 15) is 0 Å². The van der Waals surface area contributed by atoms with Gasteiger partial charge < -0.3 is 5.32 Å². The zero-order valence-corrected chi connectivity index (χ0v) is 10.3. The van der Waals surface area contributed by atoms with E-state index in [1.165, 1.54) is 30.6 Å². The molecule has 1 aromatic rings. The molecule has 0 aliphatic heterocycles. The molecule has 1 N–H and O–H groups in total. The van der Waals surface area contributed by atoms with Crippen LogP contribution in [0.3, 0.4) is 0 Å². The molecular formula is C12H18N2S. The Balaban J connectivity index is 1.78. The summed E-state index contributed by atoms with van der Waals surface area (Å²) in [6.45, 7) is 5.21. The predicted molar refractivity (Wildman–Crippen MR) is 66.6 cm³/mol. The Labute approximate surface area is 95.4 Å². The van der Waals surface area contributed by atoms with Gasteiger partial charge in [0.25, 0.3) is 0 Å². The Morgan fingerprint density at radius 1 is 1.47 bits per heavy atom. The first-order chi connectivity index (χ1) is 7.25. The number of hydrogen-bond donors (Lipinski definition) is 1. The van der Waals surface area contributed by atoms with Crippen molar-refractivity contribution in [2.24, 2.45) is 0 Å². The second-order valence-corrected chi connectivity index (χ2v) is 5.30. The lowest BCUT2D eigenvalue weighted by Crippen LogP contribution is -2.01. The van der Waals surface area contributed by atoms with Gasteiger partial charge in [0.2, 0.25) is 0 Å². The maximum Gasteiger partial charge on any atom is 0.183 e. The van der Waals surface area contributed by atoms with E-state index in [4.69, 9.17) is 0 Å². The van der Waals surface area contributed by atoms with Gasteiger partial charge >= 0.3 is 0 Å². The van der Waals surface area contributed by atoms with Gasteiger partial charge in [-0.15, -0.1) is 11.3 Å². The van der Waals surface area contributed by atoms with Crippen LogP contribution in [0.5, 0.6) is 0 Å². The molecule has 0 fully saturated rings. The molecule has 0 bridgehead atoms. The largest absolute Gasteiger partial charge is 0.361 e. The second-order valence-electron chi connectivity index (χ2n) is 4.09. The average molecular weight is 222 g/mol. The monoisotopic (exact) mass is 222 g/mol. The lowest BCUT2D eigenvalue weighted by Gasteiger charge is -2.02. The van der Waals surface area contributed by atoms with Crippen molar-refractivity contribution < 1.29 is 0 Å². The number of aromatic nitrogens is 1. The van der Waals surface area contributed by atoms with Gasteiger partial charge in [-0.2, -0.15) is 0 Å². The summed E-state index contributed by atoms with van der Waals surface area (Å²) in [5.41, 5.74) is 2.77. The van der Waals surface area contributed by atoms with E-state index in [2.05, 4.69) is 30.2 Å². The fraction of sp³-hybridized carbons (Fsp3) is 0.583. The molecule has 2 rings (SSSR count). The Hall–Kier alpha value is -0.830. The number of nitrogens with zero attached hydrogens (tertiary/aromatic N) is 1. The quantitative estimate of drug-likeness (QED) is 0.786. The number of hydrogen-bond acceptors (Lipinski definition) is 3. The smallest absolute Gasteiger partial charge is 0.183 e. The Morgan fingerprint density at radius 3 is 2.93 bits per heavy atom. The minimum absolute atomic E-state index is 1.03. The SMILES string of the molecule is Cc1nc(NCCC2=CCCC2)sc1C. The van der Waals surface area contributed by atoms with E-state index in [-0.39, 0.29) is 0 Å². The van der Waals surface area contributed by atoms with Crippen molar-refractivity contribution in [3.63, 3.8) is 0 Å². The first-order valence-electron chi connectivity index (χ1n) is 5.61. The molecule has 0 spiro atoms. The normalized spacial score (nSPS) is 15.5. The van der Waals surface area contributed by atoms with Gasteiger partial charge in [0, 0.05) is 11.4 Å². The van der Waals surface area contributed by atoms with Crippen LogP contribution in [0.4, 0.5) is 5.13 Å². The molecule has 15 heavy (non-hydrogen) atoms. The second kappa shape index (κ2) is 4.79. The molecule has 0 radical (unpaired) electrons. The van der Waals surface area contributed by atoms with Crippen molar-refractivity contribution in [2.45, 2.75) is 39.5 Å². The molecule has 2 nitrogen and oxygen atoms in total. The van der Waals surface area contributed by atoms with Crippen LogP contribution in [0.15, 0.2) is 11.6 Å². The van der Waals surface area contributed by atoms with Crippen molar-refractivity contribution >= 4 is 16.5 Å². The van der Waals surface area contributed by atoms with Gasteiger partial charge in [0.15, 0.2) is 5.13 Å². The maximum absolute atomic E-state index is 4.46. The third-order valence-electron chi connectivity index (χ3n) is 2.89. The minimum Gasteiger partial charge on any atom is -0.361 e. The summed E-state index contributed by atoms with van der Waals surface area (Å²) in [6, 6.07) is 0. The molecule has 0 saturated carbocycles. The van der Waals surface area contributed by atoms with Crippen molar-refractivity contribution in [1.29, 1.82) is 0 Å². The molecule has 0 aromatic carbocycles. The van der Waals surface area contributed by atoms with E-state index in [1.54, 1.807) is 16.9 Å². The molecule has 1 heterocycles. The topological polar surface area (TPSA) is 24.9 Å². The highest BCUT2D eigenvalue weighted by Crippen LogP contribution is 2.23. The average Bonchev–Trinajstić information content (AvgIpc) is 2.79. The highest BCUT2D eigenvalue weighted by molar-refractivity contribution is 7.15. The van der Waals surface area contributed by atoms with Crippen LogP contribution in [0.25, 0.3) is 0 Å². The molecular weight excluding hydrogens is 204 g/mol. The molecule has 0 unspecified atom stereocenters. The zero-order chi connectivity index (χ0) is 10.7.